The van der Waals surface area contributed by atoms with Crippen LogP contribution < -0.4 is 18.1 Å². The molecule has 55 heavy (non-hydrogen) atoms. The second-order valence-electron chi connectivity index (χ2n) is 18.3. The third-order valence-electron chi connectivity index (χ3n) is 8.64. The standard InChI is InChI=1S/2C22H31O2PS2.Pb/c2*1-15-9-11-17(21(3,4)5)19(13-15)23-25(26,27)24-20-14-16(2)10-12-18(20)22(6,7)8;/h2*9-14H,1-8H3,(H,26,27);. The Balaban J connectivity index is 0.000000373. The van der Waals surface area contributed by atoms with Gasteiger partial charge in [0.15, 0.2) is 0 Å². The minimum atomic E-state index is -2.84. The summed E-state index contributed by atoms with van der Waals surface area (Å²) in [5.74, 6) is 3.02. The number of hydrogen-bond donors (Lipinski definition) is 2. The molecule has 0 saturated heterocycles. The van der Waals surface area contributed by atoms with Crippen LogP contribution in [0.4, 0.5) is 0 Å². The zero-order chi connectivity index (χ0) is 41.2. The van der Waals surface area contributed by atoms with Gasteiger partial charge < -0.3 is 18.1 Å². The predicted molar refractivity (Wildman–Crippen MR) is 254 cm³/mol. The molecule has 4 aromatic carbocycles. The summed E-state index contributed by atoms with van der Waals surface area (Å²) in [5, 5.41) is 0. The Bertz CT molecular complexity index is 1770. The van der Waals surface area contributed by atoms with Crippen molar-refractivity contribution in [3.63, 3.8) is 0 Å². The maximum Gasteiger partial charge on any atom is 0.345 e. The van der Waals surface area contributed by atoms with Gasteiger partial charge in [0.1, 0.15) is 23.0 Å². The van der Waals surface area contributed by atoms with Gasteiger partial charge in [-0.25, -0.2) is 0 Å². The summed E-state index contributed by atoms with van der Waals surface area (Å²) in [7, 11) is 0. The van der Waals surface area contributed by atoms with E-state index in [0.717, 1.165) is 67.5 Å². The molecule has 0 amide bonds. The summed E-state index contributed by atoms with van der Waals surface area (Å²) in [6.45, 7) is 34.1. The first kappa shape index (κ1) is 50.1. The summed E-state index contributed by atoms with van der Waals surface area (Å²) >= 11 is 20.7. The minimum absolute atomic E-state index is 0. The largest absolute Gasteiger partial charge is 0.428 e. The topological polar surface area (TPSA) is 36.9 Å². The monoisotopic (exact) mass is 1050 g/mol. The van der Waals surface area contributed by atoms with Crippen molar-refractivity contribution in [3.8, 4) is 23.0 Å². The van der Waals surface area contributed by atoms with Crippen LogP contribution in [0.1, 0.15) is 128 Å². The summed E-state index contributed by atoms with van der Waals surface area (Å²) in [6.07, 6.45) is 0. The molecule has 0 aliphatic rings. The maximum atomic E-state index is 6.22. The molecule has 11 heteroatoms. The van der Waals surface area contributed by atoms with Crippen molar-refractivity contribution in [1.82, 2.24) is 0 Å². The molecule has 4 rings (SSSR count). The predicted octanol–water partition coefficient (Wildman–Crippen LogP) is 14.6. The normalized spacial score (nSPS) is 12.5. The Kier molecular flexibility index (Phi) is 17.3. The van der Waals surface area contributed by atoms with Crippen molar-refractivity contribution in [1.29, 1.82) is 0 Å². The molecule has 0 spiro atoms. The molecule has 4 nitrogen and oxygen atoms in total. The summed E-state index contributed by atoms with van der Waals surface area (Å²) < 4.78 is 24.9. The van der Waals surface area contributed by atoms with Crippen molar-refractivity contribution in [2.24, 2.45) is 0 Å². The Morgan fingerprint density at radius 3 is 0.691 bits per heavy atom. The Morgan fingerprint density at radius 2 is 0.545 bits per heavy atom. The molecule has 0 bridgehead atoms. The fraction of sp³-hybridized carbons (Fsp3) is 0.455. The first-order valence-electron chi connectivity index (χ1n) is 18.3. The van der Waals surface area contributed by atoms with E-state index in [0.29, 0.717) is 0 Å². The van der Waals surface area contributed by atoms with E-state index in [4.69, 9.17) is 41.7 Å². The van der Waals surface area contributed by atoms with Crippen molar-refractivity contribution >= 4 is 86.8 Å². The molecule has 0 aliphatic heterocycles. The van der Waals surface area contributed by atoms with Crippen LogP contribution in [-0.2, 0) is 45.3 Å². The van der Waals surface area contributed by atoms with Gasteiger partial charge in [-0.1, -0.05) is 156 Å². The van der Waals surface area contributed by atoms with E-state index in [9.17, 15) is 0 Å². The molecule has 0 saturated carbocycles. The quantitative estimate of drug-likeness (QED) is 0.104. The Hall–Kier alpha value is -0.998. The number of hydrogen-bond acceptors (Lipinski definition) is 6. The first-order chi connectivity index (χ1) is 24.4. The molecule has 0 atom stereocenters. The third-order valence-corrected chi connectivity index (χ3v) is 12.2. The fourth-order valence-corrected chi connectivity index (χ4v) is 9.53. The van der Waals surface area contributed by atoms with Crippen LogP contribution >= 0.6 is 35.9 Å². The minimum Gasteiger partial charge on any atom is -0.428 e. The molecule has 0 N–H and O–H groups in total. The molecular formula is C44H62O4P2PbS4. The van der Waals surface area contributed by atoms with Crippen LogP contribution in [0.5, 0.6) is 23.0 Å². The SMILES string of the molecule is Cc1ccc(C(C)(C)C)c(OP(=S)(S)Oc2cc(C)ccc2C(C)(C)C)c1.Cc1ccc(C(C)(C)C)c(OP(=S)(S)Oc2cc(C)ccc2C(C)(C)C)c1.[Pb]. The van der Waals surface area contributed by atoms with E-state index in [-0.39, 0.29) is 49.0 Å². The van der Waals surface area contributed by atoms with Gasteiger partial charge in [-0.2, -0.15) is 0 Å². The van der Waals surface area contributed by atoms with Gasteiger partial charge in [-0.05, 0) is 119 Å². The molecule has 0 aromatic heterocycles. The van der Waals surface area contributed by atoms with Crippen molar-refractivity contribution < 1.29 is 18.1 Å². The Labute approximate surface area is 374 Å². The number of rotatable bonds is 8. The molecule has 0 unspecified atom stereocenters. The van der Waals surface area contributed by atoms with Crippen LogP contribution in [-0.4, -0.2) is 27.3 Å². The number of aryl methyl sites for hydroxylation is 4. The van der Waals surface area contributed by atoms with Crippen LogP contribution in [0, 0.1) is 27.7 Å². The van der Waals surface area contributed by atoms with Gasteiger partial charge in [0.25, 0.3) is 0 Å². The molecule has 4 radical (unpaired) electrons. The van der Waals surface area contributed by atoms with Crippen LogP contribution in [0.3, 0.4) is 0 Å². The van der Waals surface area contributed by atoms with Gasteiger partial charge in [0.05, 0.1) is 0 Å². The first-order valence-corrected chi connectivity index (χ1v) is 25.8. The van der Waals surface area contributed by atoms with E-state index >= 15 is 0 Å². The smallest absolute Gasteiger partial charge is 0.345 e. The van der Waals surface area contributed by atoms with E-state index in [1.165, 1.54) is 0 Å². The Morgan fingerprint density at radius 1 is 0.382 bits per heavy atom. The van der Waals surface area contributed by atoms with Gasteiger partial charge >= 0.3 is 11.4 Å². The molecule has 0 heterocycles. The third kappa shape index (κ3) is 15.3. The van der Waals surface area contributed by atoms with Crippen molar-refractivity contribution in [2.45, 2.75) is 132 Å². The average Bonchev–Trinajstić information content (AvgIpc) is 2.94. The molecule has 0 aliphatic carbocycles. The zero-order valence-electron chi connectivity index (χ0n) is 35.7. The van der Waals surface area contributed by atoms with Crippen LogP contribution in [0.2, 0.25) is 0 Å². The summed E-state index contributed by atoms with van der Waals surface area (Å²) in [6, 6.07) is 24.8. The zero-order valence-corrected chi connectivity index (χ0v) is 44.8. The van der Waals surface area contributed by atoms with Gasteiger partial charge in [0.2, 0.25) is 0 Å². The van der Waals surface area contributed by atoms with E-state index < -0.39 is 11.4 Å². The number of thiol groups is 2. The van der Waals surface area contributed by atoms with E-state index in [1.54, 1.807) is 0 Å². The van der Waals surface area contributed by atoms with Crippen molar-refractivity contribution in [2.75, 3.05) is 0 Å². The van der Waals surface area contributed by atoms with Crippen LogP contribution in [0.25, 0.3) is 0 Å². The molecule has 0 fully saturated rings. The molecular weight excluding hydrogens is 990 g/mol. The summed E-state index contributed by atoms with van der Waals surface area (Å²) in [4.78, 5) is 0. The van der Waals surface area contributed by atoms with Gasteiger partial charge in [-0.3, -0.25) is 0 Å². The van der Waals surface area contributed by atoms with Crippen LogP contribution in [0.15, 0.2) is 72.8 Å². The summed E-state index contributed by atoms with van der Waals surface area (Å²) in [5.41, 5.74) is 2.93. The second kappa shape index (κ2) is 18.9. The van der Waals surface area contributed by atoms with Gasteiger partial charge in [0, 0.05) is 49.6 Å². The molecule has 300 valence electrons. The average molecular weight is 1050 g/mol. The van der Waals surface area contributed by atoms with Crippen molar-refractivity contribution in [3.05, 3.63) is 117 Å². The van der Waals surface area contributed by atoms with E-state index in [2.05, 4.69) is 156 Å². The van der Waals surface area contributed by atoms with E-state index in [1.807, 2.05) is 52.0 Å². The van der Waals surface area contributed by atoms with Gasteiger partial charge in [-0.15, -0.1) is 0 Å². The molecule has 4 aromatic rings. The second-order valence-corrected chi connectivity index (χ2v) is 28.6. The maximum absolute atomic E-state index is 6.22. The number of benzene rings is 4. The fourth-order valence-electron chi connectivity index (χ4n) is 5.83.